The number of aromatic nitrogens is 2. The van der Waals surface area contributed by atoms with Crippen molar-refractivity contribution in [1.82, 2.24) is 10.2 Å². The van der Waals surface area contributed by atoms with Crippen LogP contribution < -0.4 is 10.6 Å². The molecular weight excluding hydrogens is 324 g/mol. The lowest BCUT2D eigenvalue weighted by Gasteiger charge is -2.08. The van der Waals surface area contributed by atoms with Crippen LogP contribution in [-0.4, -0.2) is 16.1 Å². The van der Waals surface area contributed by atoms with Gasteiger partial charge in [0.25, 0.3) is 5.91 Å². The van der Waals surface area contributed by atoms with Crippen molar-refractivity contribution in [3.8, 4) is 0 Å². The fourth-order valence-electron chi connectivity index (χ4n) is 2.05. The lowest BCUT2D eigenvalue weighted by atomic mass is 10.2. The van der Waals surface area contributed by atoms with Crippen LogP contribution in [-0.2, 0) is 0 Å². The molecule has 1 heterocycles. The van der Waals surface area contributed by atoms with Crippen molar-refractivity contribution in [3.63, 3.8) is 0 Å². The largest absolute Gasteiger partial charge is 0.339 e. The van der Waals surface area contributed by atoms with E-state index in [2.05, 4.69) is 20.8 Å². The number of rotatable bonds is 4. The van der Waals surface area contributed by atoms with E-state index in [-0.39, 0.29) is 5.91 Å². The molecule has 2 N–H and O–H groups in total. The first-order valence-corrected chi connectivity index (χ1v) is 7.72. The Morgan fingerprint density at radius 3 is 2.17 bits per heavy atom. The number of nitrogens with one attached hydrogen (secondary N) is 2. The van der Waals surface area contributed by atoms with Gasteiger partial charge in [-0.1, -0.05) is 11.6 Å². The Morgan fingerprint density at radius 1 is 0.875 bits per heavy atom. The van der Waals surface area contributed by atoms with Crippen LogP contribution in [0.25, 0.3) is 0 Å². The molecule has 6 heteroatoms. The summed E-state index contributed by atoms with van der Waals surface area (Å²) in [4.78, 5) is 12.1. The van der Waals surface area contributed by atoms with Gasteiger partial charge in [0.05, 0.1) is 5.69 Å². The molecule has 0 bridgehead atoms. The van der Waals surface area contributed by atoms with E-state index >= 15 is 0 Å². The second kappa shape index (κ2) is 7.10. The molecule has 1 amide bonds. The summed E-state index contributed by atoms with van der Waals surface area (Å²) in [7, 11) is 0. The molecule has 5 nitrogen and oxygen atoms in total. The molecule has 0 radical (unpaired) electrons. The minimum atomic E-state index is -0.184. The first kappa shape index (κ1) is 16.0. The zero-order valence-electron chi connectivity index (χ0n) is 13.0. The van der Waals surface area contributed by atoms with Gasteiger partial charge in [-0.2, -0.15) is 5.10 Å². The van der Waals surface area contributed by atoms with Gasteiger partial charge in [0, 0.05) is 22.0 Å². The summed E-state index contributed by atoms with van der Waals surface area (Å²) in [5.41, 5.74) is 2.98. The highest BCUT2D eigenvalue weighted by Crippen LogP contribution is 2.18. The number of nitrogens with zero attached hydrogens (tertiary/aromatic N) is 2. The topological polar surface area (TPSA) is 66.9 Å². The van der Waals surface area contributed by atoms with E-state index < -0.39 is 0 Å². The summed E-state index contributed by atoms with van der Waals surface area (Å²) in [5, 5.41) is 14.6. The van der Waals surface area contributed by atoms with Crippen LogP contribution in [0, 0.1) is 6.92 Å². The van der Waals surface area contributed by atoms with Gasteiger partial charge in [-0.15, -0.1) is 5.10 Å². The number of hydrogen-bond acceptors (Lipinski definition) is 4. The molecule has 0 aliphatic carbocycles. The van der Waals surface area contributed by atoms with Crippen molar-refractivity contribution in [2.45, 2.75) is 6.92 Å². The smallest absolute Gasteiger partial charge is 0.255 e. The maximum Gasteiger partial charge on any atom is 0.255 e. The average Bonchev–Trinajstić information content (AvgIpc) is 2.59. The number of halogens is 1. The molecule has 0 fully saturated rings. The van der Waals surface area contributed by atoms with Gasteiger partial charge in [0.1, 0.15) is 0 Å². The Labute approximate surface area is 144 Å². The summed E-state index contributed by atoms with van der Waals surface area (Å²) in [6.07, 6.45) is 0. The number of carbonyl (C=O) groups is 1. The van der Waals surface area contributed by atoms with Crippen molar-refractivity contribution < 1.29 is 4.79 Å². The molecule has 120 valence electrons. The summed E-state index contributed by atoms with van der Waals surface area (Å²) >= 11 is 5.82. The maximum absolute atomic E-state index is 12.1. The van der Waals surface area contributed by atoms with Crippen LogP contribution in [0.3, 0.4) is 0 Å². The van der Waals surface area contributed by atoms with Gasteiger partial charge < -0.3 is 10.6 Å². The standard InChI is InChI=1S/C18H15ClN4O/c1-12-2-11-17(23-22-12)20-15-7-9-16(10-8-15)21-18(24)13-3-5-14(19)6-4-13/h2-11H,1H3,(H,20,23)(H,21,24). The van der Waals surface area contributed by atoms with Gasteiger partial charge in [-0.3, -0.25) is 4.79 Å². The highest BCUT2D eigenvalue weighted by Gasteiger charge is 2.06. The van der Waals surface area contributed by atoms with E-state index in [1.54, 1.807) is 24.3 Å². The molecule has 0 unspecified atom stereocenters. The number of amides is 1. The zero-order valence-corrected chi connectivity index (χ0v) is 13.7. The quantitative estimate of drug-likeness (QED) is 0.738. The SMILES string of the molecule is Cc1ccc(Nc2ccc(NC(=O)c3ccc(Cl)cc3)cc2)nn1. The number of carbonyl (C=O) groups excluding carboxylic acids is 1. The van der Waals surface area contributed by atoms with Crippen LogP contribution in [0.15, 0.2) is 60.7 Å². The highest BCUT2D eigenvalue weighted by atomic mass is 35.5. The van der Waals surface area contributed by atoms with Crippen LogP contribution in [0.4, 0.5) is 17.2 Å². The Bertz CT molecular complexity index is 830. The molecule has 0 aliphatic heterocycles. The molecule has 0 saturated heterocycles. The molecule has 3 aromatic rings. The van der Waals surface area contributed by atoms with Gasteiger partial charge in [0.15, 0.2) is 5.82 Å². The summed E-state index contributed by atoms with van der Waals surface area (Å²) < 4.78 is 0. The fraction of sp³-hybridized carbons (Fsp3) is 0.0556. The Hall–Kier alpha value is -2.92. The number of aryl methyl sites for hydroxylation is 1. The number of hydrogen-bond donors (Lipinski definition) is 2. The number of benzene rings is 2. The molecule has 24 heavy (non-hydrogen) atoms. The zero-order chi connectivity index (χ0) is 16.9. The highest BCUT2D eigenvalue weighted by molar-refractivity contribution is 6.30. The van der Waals surface area contributed by atoms with E-state index in [4.69, 9.17) is 11.6 Å². The third-order valence-corrected chi connectivity index (χ3v) is 3.57. The van der Waals surface area contributed by atoms with Crippen LogP contribution in [0.1, 0.15) is 16.1 Å². The van der Waals surface area contributed by atoms with Gasteiger partial charge in [-0.05, 0) is 67.6 Å². The molecule has 1 aromatic heterocycles. The summed E-state index contributed by atoms with van der Waals surface area (Å²) in [5.74, 6) is 0.482. The third-order valence-electron chi connectivity index (χ3n) is 3.32. The lowest BCUT2D eigenvalue weighted by molar-refractivity contribution is 0.102. The third kappa shape index (κ3) is 4.08. The second-order valence-electron chi connectivity index (χ2n) is 5.22. The van der Waals surface area contributed by atoms with Gasteiger partial charge in [0.2, 0.25) is 0 Å². The molecule has 0 spiro atoms. The Morgan fingerprint density at radius 2 is 1.54 bits per heavy atom. The normalized spacial score (nSPS) is 10.2. The second-order valence-corrected chi connectivity index (χ2v) is 5.66. The van der Waals surface area contributed by atoms with Crippen molar-refractivity contribution in [1.29, 1.82) is 0 Å². The summed E-state index contributed by atoms with van der Waals surface area (Å²) in [6, 6.07) is 17.8. The first-order valence-electron chi connectivity index (χ1n) is 7.34. The van der Waals surface area contributed by atoms with Gasteiger partial charge >= 0.3 is 0 Å². The predicted octanol–water partition coefficient (Wildman–Crippen LogP) is 4.43. The van der Waals surface area contributed by atoms with Crippen molar-refractivity contribution in [2.75, 3.05) is 10.6 Å². The van der Waals surface area contributed by atoms with E-state index in [9.17, 15) is 4.79 Å². The average molecular weight is 339 g/mol. The van der Waals surface area contributed by atoms with Gasteiger partial charge in [-0.25, -0.2) is 0 Å². The predicted molar refractivity (Wildman–Crippen MR) is 95.9 cm³/mol. The summed E-state index contributed by atoms with van der Waals surface area (Å²) in [6.45, 7) is 1.88. The molecule has 0 aliphatic rings. The van der Waals surface area contributed by atoms with Crippen LogP contribution >= 0.6 is 11.6 Å². The molecule has 0 saturated carbocycles. The first-order chi connectivity index (χ1) is 11.6. The molecule has 3 rings (SSSR count). The molecule has 2 aromatic carbocycles. The molecule has 0 atom stereocenters. The van der Waals surface area contributed by atoms with E-state index in [0.29, 0.717) is 22.1 Å². The molecular formula is C18H15ClN4O. The van der Waals surface area contributed by atoms with Crippen molar-refractivity contribution >= 4 is 34.7 Å². The Balaban J connectivity index is 1.64. The van der Waals surface area contributed by atoms with Crippen molar-refractivity contribution in [3.05, 3.63) is 76.9 Å². The monoisotopic (exact) mass is 338 g/mol. The fourth-order valence-corrected chi connectivity index (χ4v) is 2.18. The minimum absolute atomic E-state index is 0.184. The lowest BCUT2D eigenvalue weighted by Crippen LogP contribution is -2.11. The van der Waals surface area contributed by atoms with E-state index in [0.717, 1.165) is 11.4 Å². The Kier molecular flexibility index (Phi) is 4.72. The van der Waals surface area contributed by atoms with Crippen molar-refractivity contribution in [2.24, 2.45) is 0 Å². The minimum Gasteiger partial charge on any atom is -0.339 e. The number of anilines is 3. The van der Waals surface area contributed by atoms with E-state index in [1.165, 1.54) is 0 Å². The maximum atomic E-state index is 12.1. The van der Waals surface area contributed by atoms with Crippen LogP contribution in [0.5, 0.6) is 0 Å². The van der Waals surface area contributed by atoms with Crippen LogP contribution in [0.2, 0.25) is 5.02 Å². The van der Waals surface area contributed by atoms with E-state index in [1.807, 2.05) is 43.3 Å².